The number of hydrogen-bond donors (Lipinski definition) is 1. The Bertz CT molecular complexity index is 586. The van der Waals surface area contributed by atoms with Crippen molar-refractivity contribution in [1.82, 2.24) is 9.55 Å². The Morgan fingerprint density at radius 2 is 2.26 bits per heavy atom. The molecule has 3 rings (SSSR count). The number of benzene rings is 1. The highest BCUT2D eigenvalue weighted by Gasteiger charge is 2.28. The van der Waals surface area contributed by atoms with Crippen LogP contribution < -0.4 is 5.73 Å². The van der Waals surface area contributed by atoms with Crippen molar-refractivity contribution < 1.29 is 4.39 Å². The fourth-order valence-electron chi connectivity index (χ4n) is 2.53. The minimum Gasteiger partial charge on any atom is -0.330 e. The summed E-state index contributed by atoms with van der Waals surface area (Å²) in [7, 11) is 0. The molecule has 1 fully saturated rings. The second kappa shape index (κ2) is 4.93. The maximum Gasteiger partial charge on any atom is 0.125 e. The summed E-state index contributed by atoms with van der Waals surface area (Å²) in [6.45, 7) is 2.86. The summed E-state index contributed by atoms with van der Waals surface area (Å²) in [5.74, 6) is 1.38. The number of halogens is 1. The number of nitrogens with zero attached hydrogens (tertiary/aromatic N) is 2. The van der Waals surface area contributed by atoms with Crippen molar-refractivity contribution >= 4 is 11.0 Å². The Morgan fingerprint density at radius 3 is 2.95 bits per heavy atom. The minimum atomic E-state index is -0.213. The Labute approximate surface area is 112 Å². The highest BCUT2D eigenvalue weighted by molar-refractivity contribution is 5.76. The van der Waals surface area contributed by atoms with Crippen molar-refractivity contribution in [2.45, 2.75) is 38.6 Å². The molecule has 1 heterocycles. The van der Waals surface area contributed by atoms with Crippen LogP contribution in [0.4, 0.5) is 4.39 Å². The molecule has 1 aromatic heterocycles. The molecule has 19 heavy (non-hydrogen) atoms. The van der Waals surface area contributed by atoms with Crippen molar-refractivity contribution in [1.29, 1.82) is 0 Å². The van der Waals surface area contributed by atoms with Gasteiger partial charge in [-0.15, -0.1) is 0 Å². The quantitative estimate of drug-likeness (QED) is 0.899. The molecule has 1 saturated carbocycles. The van der Waals surface area contributed by atoms with Crippen LogP contribution >= 0.6 is 0 Å². The van der Waals surface area contributed by atoms with Crippen LogP contribution in [0, 0.1) is 11.7 Å². The van der Waals surface area contributed by atoms with Crippen molar-refractivity contribution in [3.8, 4) is 0 Å². The number of imidazole rings is 1. The third-order valence-electron chi connectivity index (χ3n) is 3.90. The zero-order chi connectivity index (χ0) is 13.4. The fraction of sp³-hybridized carbons (Fsp3) is 0.533. The average Bonchev–Trinajstić information content (AvgIpc) is 3.17. The third kappa shape index (κ3) is 2.50. The lowest BCUT2D eigenvalue weighted by atomic mass is 10.1. The smallest absolute Gasteiger partial charge is 0.125 e. The molecule has 3 nitrogen and oxygen atoms in total. The van der Waals surface area contributed by atoms with Gasteiger partial charge in [0.15, 0.2) is 0 Å². The van der Waals surface area contributed by atoms with Crippen LogP contribution in [0.25, 0.3) is 11.0 Å². The molecule has 0 amide bonds. The lowest BCUT2D eigenvalue weighted by Crippen LogP contribution is -2.12. The number of hydrogen-bond acceptors (Lipinski definition) is 2. The van der Waals surface area contributed by atoms with Gasteiger partial charge in [-0.3, -0.25) is 0 Å². The summed E-state index contributed by atoms with van der Waals surface area (Å²) in [6, 6.07) is 5.48. The normalized spacial score (nSPS) is 17.0. The molecule has 0 bridgehead atoms. The molecule has 0 aliphatic heterocycles. The first kappa shape index (κ1) is 12.6. The molecule has 1 aliphatic carbocycles. The number of rotatable bonds is 5. The average molecular weight is 261 g/mol. The maximum atomic E-state index is 13.3. The van der Waals surface area contributed by atoms with Crippen LogP contribution in [0.2, 0.25) is 0 Å². The second-order valence-electron chi connectivity index (χ2n) is 5.64. The van der Waals surface area contributed by atoms with Crippen LogP contribution in [0.1, 0.15) is 38.1 Å². The van der Waals surface area contributed by atoms with E-state index in [4.69, 9.17) is 5.73 Å². The van der Waals surface area contributed by atoms with Gasteiger partial charge in [0, 0.05) is 18.5 Å². The molecular formula is C15H20FN3. The molecule has 0 saturated heterocycles. The largest absolute Gasteiger partial charge is 0.330 e. The first-order valence-corrected chi connectivity index (χ1v) is 7.05. The molecule has 1 aliphatic rings. The zero-order valence-electron chi connectivity index (χ0n) is 11.3. The van der Waals surface area contributed by atoms with Gasteiger partial charge in [-0.1, -0.05) is 6.92 Å². The summed E-state index contributed by atoms with van der Waals surface area (Å²) in [5, 5.41) is 0. The minimum absolute atomic E-state index is 0.213. The van der Waals surface area contributed by atoms with Gasteiger partial charge in [0.1, 0.15) is 11.6 Å². The van der Waals surface area contributed by atoms with Gasteiger partial charge in [-0.25, -0.2) is 9.37 Å². The van der Waals surface area contributed by atoms with Gasteiger partial charge in [-0.05, 0) is 43.9 Å². The van der Waals surface area contributed by atoms with Crippen LogP contribution in [0.5, 0.6) is 0 Å². The fourth-order valence-corrected chi connectivity index (χ4v) is 2.53. The Kier molecular flexibility index (Phi) is 3.27. The number of aryl methyl sites for hydroxylation is 1. The van der Waals surface area contributed by atoms with E-state index in [9.17, 15) is 4.39 Å². The molecule has 1 aromatic carbocycles. The molecular weight excluding hydrogens is 241 g/mol. The summed E-state index contributed by atoms with van der Waals surface area (Å²) >= 11 is 0. The van der Waals surface area contributed by atoms with E-state index in [0.717, 1.165) is 29.7 Å². The predicted molar refractivity (Wildman–Crippen MR) is 74.5 cm³/mol. The van der Waals surface area contributed by atoms with Crippen LogP contribution in [0.15, 0.2) is 18.2 Å². The molecule has 4 heteroatoms. The molecule has 0 spiro atoms. The molecule has 2 aromatic rings. The lowest BCUT2D eigenvalue weighted by Gasteiger charge is -2.10. The standard InChI is InChI=1S/C15H20FN3/c1-10(9-17)2-7-15-18-13-8-11(16)3-6-14(13)19(15)12-4-5-12/h3,6,8,10,12H,2,4-5,7,9,17H2,1H3. The van der Waals surface area contributed by atoms with Gasteiger partial charge in [-0.2, -0.15) is 0 Å². The molecule has 1 unspecified atom stereocenters. The van der Waals surface area contributed by atoms with Gasteiger partial charge in [0.05, 0.1) is 11.0 Å². The van der Waals surface area contributed by atoms with Gasteiger partial charge in [0.2, 0.25) is 0 Å². The second-order valence-corrected chi connectivity index (χ2v) is 5.64. The summed E-state index contributed by atoms with van der Waals surface area (Å²) in [6.07, 6.45) is 4.38. The Hall–Kier alpha value is -1.42. The number of fused-ring (bicyclic) bond motifs is 1. The first-order chi connectivity index (χ1) is 9.19. The molecule has 1 atom stereocenters. The van der Waals surface area contributed by atoms with E-state index < -0.39 is 0 Å². The van der Waals surface area contributed by atoms with Crippen LogP contribution in [-0.4, -0.2) is 16.1 Å². The van der Waals surface area contributed by atoms with E-state index >= 15 is 0 Å². The van der Waals surface area contributed by atoms with Crippen LogP contribution in [-0.2, 0) is 6.42 Å². The summed E-state index contributed by atoms with van der Waals surface area (Å²) in [4.78, 5) is 4.62. The van der Waals surface area contributed by atoms with E-state index in [-0.39, 0.29) is 5.82 Å². The van der Waals surface area contributed by atoms with Gasteiger partial charge < -0.3 is 10.3 Å². The van der Waals surface area contributed by atoms with Crippen LogP contribution in [0.3, 0.4) is 0 Å². The molecule has 2 N–H and O–H groups in total. The lowest BCUT2D eigenvalue weighted by molar-refractivity contribution is 0.525. The zero-order valence-corrected chi connectivity index (χ0v) is 11.3. The van der Waals surface area contributed by atoms with Crippen molar-refractivity contribution in [2.24, 2.45) is 11.7 Å². The van der Waals surface area contributed by atoms with E-state index in [2.05, 4.69) is 16.5 Å². The van der Waals surface area contributed by atoms with Gasteiger partial charge in [0.25, 0.3) is 0 Å². The molecule has 0 radical (unpaired) electrons. The summed E-state index contributed by atoms with van der Waals surface area (Å²) in [5.41, 5.74) is 7.51. The maximum absolute atomic E-state index is 13.3. The topological polar surface area (TPSA) is 43.8 Å². The van der Waals surface area contributed by atoms with E-state index in [1.165, 1.54) is 25.0 Å². The van der Waals surface area contributed by atoms with Crippen molar-refractivity contribution in [3.63, 3.8) is 0 Å². The highest BCUT2D eigenvalue weighted by atomic mass is 19.1. The number of aromatic nitrogens is 2. The Morgan fingerprint density at radius 1 is 1.47 bits per heavy atom. The van der Waals surface area contributed by atoms with Crippen molar-refractivity contribution in [3.05, 3.63) is 29.8 Å². The van der Waals surface area contributed by atoms with Gasteiger partial charge >= 0.3 is 0 Å². The van der Waals surface area contributed by atoms with E-state index in [1.54, 1.807) is 0 Å². The van der Waals surface area contributed by atoms with Crippen molar-refractivity contribution in [2.75, 3.05) is 6.54 Å². The first-order valence-electron chi connectivity index (χ1n) is 7.05. The van der Waals surface area contributed by atoms with E-state index in [0.29, 0.717) is 18.5 Å². The predicted octanol–water partition coefficient (Wildman–Crippen LogP) is 3.04. The van der Waals surface area contributed by atoms with E-state index in [1.807, 2.05) is 6.07 Å². The monoisotopic (exact) mass is 261 g/mol. The highest BCUT2D eigenvalue weighted by Crippen LogP contribution is 2.39. The SMILES string of the molecule is CC(CN)CCc1nc2cc(F)ccc2n1C1CC1. The number of nitrogens with two attached hydrogens (primary N) is 1. The third-order valence-corrected chi connectivity index (χ3v) is 3.90. The molecule has 102 valence electrons. The Balaban J connectivity index is 1.95. The summed E-state index contributed by atoms with van der Waals surface area (Å²) < 4.78 is 15.6.